The summed E-state index contributed by atoms with van der Waals surface area (Å²) in [5, 5.41) is 4.38. The van der Waals surface area contributed by atoms with E-state index in [0.29, 0.717) is 16.4 Å². The number of rotatable bonds is 4. The molecule has 0 bridgehead atoms. The lowest BCUT2D eigenvalue weighted by molar-refractivity contribution is 0.0958. The summed E-state index contributed by atoms with van der Waals surface area (Å²) in [6, 6.07) is 11.6. The van der Waals surface area contributed by atoms with Gasteiger partial charge in [0.1, 0.15) is 4.88 Å². The Bertz CT molecular complexity index is 770. The van der Waals surface area contributed by atoms with Crippen molar-refractivity contribution in [2.75, 3.05) is 6.54 Å². The van der Waals surface area contributed by atoms with Gasteiger partial charge in [-0.2, -0.15) is 0 Å². The first-order chi connectivity index (χ1) is 10.3. The smallest absolute Gasteiger partial charge is 0.262 e. The first-order valence-electron chi connectivity index (χ1n) is 6.60. The normalized spacial score (nSPS) is 10.7. The minimum absolute atomic E-state index is 0.120. The predicted octanol–water partition coefficient (Wildman–Crippen LogP) is 3.92. The van der Waals surface area contributed by atoms with Gasteiger partial charge in [-0.05, 0) is 24.1 Å². The molecule has 2 aromatic heterocycles. The van der Waals surface area contributed by atoms with Gasteiger partial charge in [0.25, 0.3) is 5.91 Å². The number of benzene rings is 1. The molecular weight excluding hydrogens is 304 g/mol. The van der Waals surface area contributed by atoms with Crippen LogP contribution in [0.3, 0.4) is 0 Å². The Balaban J connectivity index is 1.68. The van der Waals surface area contributed by atoms with E-state index in [-0.39, 0.29) is 5.91 Å². The highest BCUT2D eigenvalue weighted by atomic mass is 35.5. The summed E-state index contributed by atoms with van der Waals surface area (Å²) in [5.74, 6) is -0.120. The number of thiophene rings is 1. The van der Waals surface area contributed by atoms with Gasteiger partial charge in [0, 0.05) is 29.0 Å². The Morgan fingerprint density at radius 2 is 2.10 bits per heavy atom. The molecule has 0 aliphatic rings. The maximum absolute atomic E-state index is 12.2. The highest BCUT2D eigenvalue weighted by Gasteiger charge is 2.16. The number of halogens is 1. The number of hydrogen-bond donors (Lipinski definition) is 1. The topological polar surface area (TPSA) is 42.0 Å². The molecule has 1 amide bonds. The van der Waals surface area contributed by atoms with E-state index in [1.807, 2.05) is 36.4 Å². The van der Waals surface area contributed by atoms with Crippen molar-refractivity contribution in [1.29, 1.82) is 0 Å². The molecule has 0 aliphatic heterocycles. The van der Waals surface area contributed by atoms with E-state index in [0.717, 1.165) is 22.1 Å². The highest BCUT2D eigenvalue weighted by molar-refractivity contribution is 7.21. The van der Waals surface area contributed by atoms with Gasteiger partial charge in [-0.1, -0.05) is 35.9 Å². The summed E-state index contributed by atoms with van der Waals surface area (Å²) in [6.07, 6.45) is 4.29. The monoisotopic (exact) mass is 316 g/mol. The zero-order valence-electron chi connectivity index (χ0n) is 11.2. The Morgan fingerprint density at radius 3 is 2.86 bits per heavy atom. The van der Waals surface area contributed by atoms with E-state index in [2.05, 4.69) is 10.3 Å². The maximum Gasteiger partial charge on any atom is 0.262 e. The fourth-order valence-corrected chi connectivity index (χ4v) is 3.54. The summed E-state index contributed by atoms with van der Waals surface area (Å²) < 4.78 is 1.03. The van der Waals surface area contributed by atoms with E-state index in [9.17, 15) is 4.79 Å². The second kappa shape index (κ2) is 6.24. The average molecular weight is 317 g/mol. The van der Waals surface area contributed by atoms with E-state index in [4.69, 9.17) is 11.6 Å². The van der Waals surface area contributed by atoms with Crippen LogP contribution in [0.15, 0.2) is 48.8 Å². The summed E-state index contributed by atoms with van der Waals surface area (Å²) >= 11 is 7.71. The maximum atomic E-state index is 12.2. The molecule has 0 atom stereocenters. The number of aromatic nitrogens is 1. The van der Waals surface area contributed by atoms with Crippen LogP contribution < -0.4 is 5.32 Å². The first-order valence-corrected chi connectivity index (χ1v) is 7.79. The summed E-state index contributed by atoms with van der Waals surface area (Å²) in [6.45, 7) is 0.565. The van der Waals surface area contributed by atoms with E-state index < -0.39 is 0 Å². The quantitative estimate of drug-likeness (QED) is 0.792. The van der Waals surface area contributed by atoms with Crippen molar-refractivity contribution >= 4 is 38.9 Å². The zero-order chi connectivity index (χ0) is 14.7. The van der Waals surface area contributed by atoms with Crippen molar-refractivity contribution in [3.63, 3.8) is 0 Å². The molecule has 0 spiro atoms. The van der Waals surface area contributed by atoms with Crippen molar-refractivity contribution in [2.24, 2.45) is 0 Å². The SMILES string of the molecule is O=C(NCCc1cccnc1)c1sc2ccccc2c1Cl. The molecule has 0 aliphatic carbocycles. The fourth-order valence-electron chi connectivity index (χ4n) is 2.11. The summed E-state index contributed by atoms with van der Waals surface area (Å²) in [4.78, 5) is 16.8. The van der Waals surface area contributed by atoms with E-state index in [1.54, 1.807) is 12.4 Å². The summed E-state index contributed by atoms with van der Waals surface area (Å²) in [5.41, 5.74) is 1.10. The predicted molar refractivity (Wildman–Crippen MR) is 87.1 cm³/mol. The van der Waals surface area contributed by atoms with Crippen LogP contribution in [0.4, 0.5) is 0 Å². The van der Waals surface area contributed by atoms with Crippen LogP contribution in [0.5, 0.6) is 0 Å². The Morgan fingerprint density at radius 1 is 1.24 bits per heavy atom. The van der Waals surface area contributed by atoms with Gasteiger partial charge in [0.15, 0.2) is 0 Å². The Hall–Kier alpha value is -1.91. The molecule has 106 valence electrons. The third-order valence-corrected chi connectivity index (χ3v) is 4.84. The van der Waals surface area contributed by atoms with Gasteiger partial charge in [-0.3, -0.25) is 9.78 Å². The largest absolute Gasteiger partial charge is 0.351 e. The van der Waals surface area contributed by atoms with Crippen LogP contribution in [-0.4, -0.2) is 17.4 Å². The van der Waals surface area contributed by atoms with Crippen LogP contribution in [-0.2, 0) is 6.42 Å². The van der Waals surface area contributed by atoms with Gasteiger partial charge < -0.3 is 5.32 Å². The molecule has 2 heterocycles. The highest BCUT2D eigenvalue weighted by Crippen LogP contribution is 2.34. The van der Waals surface area contributed by atoms with Crippen molar-refractivity contribution in [3.05, 3.63) is 64.3 Å². The third kappa shape index (κ3) is 3.06. The number of amides is 1. The summed E-state index contributed by atoms with van der Waals surface area (Å²) in [7, 11) is 0. The van der Waals surface area contributed by atoms with Crippen LogP contribution >= 0.6 is 22.9 Å². The van der Waals surface area contributed by atoms with Crippen LogP contribution in [0, 0.1) is 0 Å². The molecule has 21 heavy (non-hydrogen) atoms. The molecule has 0 radical (unpaired) electrons. The molecule has 0 saturated heterocycles. The molecule has 5 heteroatoms. The molecule has 0 fully saturated rings. The third-order valence-electron chi connectivity index (χ3n) is 3.16. The molecule has 1 N–H and O–H groups in total. The second-order valence-electron chi connectivity index (χ2n) is 4.61. The molecule has 0 unspecified atom stereocenters. The number of nitrogens with zero attached hydrogens (tertiary/aromatic N) is 1. The van der Waals surface area contributed by atoms with Crippen LogP contribution in [0.2, 0.25) is 5.02 Å². The first kappa shape index (κ1) is 14.0. The standard InChI is InChI=1S/C16H13ClN2OS/c17-14-12-5-1-2-6-13(12)21-15(14)16(20)19-9-7-11-4-3-8-18-10-11/h1-6,8,10H,7,9H2,(H,19,20). The number of fused-ring (bicyclic) bond motifs is 1. The van der Waals surface area contributed by atoms with Crippen molar-refractivity contribution in [3.8, 4) is 0 Å². The van der Waals surface area contributed by atoms with Gasteiger partial charge in [0.2, 0.25) is 0 Å². The van der Waals surface area contributed by atoms with Crippen LogP contribution in [0.1, 0.15) is 15.2 Å². The Labute approximate surface area is 131 Å². The number of carbonyl (C=O) groups excluding carboxylic acids is 1. The van der Waals surface area contributed by atoms with Gasteiger partial charge in [-0.15, -0.1) is 11.3 Å². The van der Waals surface area contributed by atoms with Crippen molar-refractivity contribution in [1.82, 2.24) is 10.3 Å². The molecule has 3 rings (SSSR count). The number of pyridine rings is 1. The van der Waals surface area contributed by atoms with Gasteiger partial charge >= 0.3 is 0 Å². The van der Waals surface area contributed by atoms with Crippen LogP contribution in [0.25, 0.3) is 10.1 Å². The lowest BCUT2D eigenvalue weighted by atomic mass is 10.2. The zero-order valence-corrected chi connectivity index (χ0v) is 12.7. The average Bonchev–Trinajstić information content (AvgIpc) is 2.86. The number of hydrogen-bond acceptors (Lipinski definition) is 3. The molecule has 1 aromatic carbocycles. The van der Waals surface area contributed by atoms with Crippen molar-refractivity contribution in [2.45, 2.75) is 6.42 Å². The molecular formula is C16H13ClN2OS. The number of carbonyl (C=O) groups is 1. The Kier molecular flexibility index (Phi) is 4.18. The van der Waals surface area contributed by atoms with Gasteiger partial charge in [-0.25, -0.2) is 0 Å². The minimum atomic E-state index is -0.120. The number of nitrogens with one attached hydrogen (secondary N) is 1. The van der Waals surface area contributed by atoms with Crippen molar-refractivity contribution < 1.29 is 4.79 Å². The van der Waals surface area contributed by atoms with E-state index >= 15 is 0 Å². The lowest BCUT2D eigenvalue weighted by Gasteiger charge is -2.04. The molecule has 3 nitrogen and oxygen atoms in total. The second-order valence-corrected chi connectivity index (χ2v) is 6.04. The minimum Gasteiger partial charge on any atom is -0.351 e. The molecule has 0 saturated carbocycles. The fraction of sp³-hybridized carbons (Fsp3) is 0.125. The lowest BCUT2D eigenvalue weighted by Crippen LogP contribution is -2.25. The van der Waals surface area contributed by atoms with E-state index in [1.165, 1.54) is 11.3 Å². The molecule has 3 aromatic rings. The van der Waals surface area contributed by atoms with Gasteiger partial charge in [0.05, 0.1) is 5.02 Å².